The molecule has 2 rings (SSSR count). The first-order chi connectivity index (χ1) is 10.1. The molecule has 0 bridgehead atoms. The van der Waals surface area contributed by atoms with E-state index in [2.05, 4.69) is 10.7 Å². The van der Waals surface area contributed by atoms with Crippen molar-refractivity contribution >= 4 is 23.2 Å². The Morgan fingerprint density at radius 3 is 2.71 bits per heavy atom. The molecule has 0 saturated carbocycles. The number of hydrogen-bond donors (Lipinski definition) is 2. The summed E-state index contributed by atoms with van der Waals surface area (Å²) < 4.78 is 0. The van der Waals surface area contributed by atoms with Gasteiger partial charge in [-0.2, -0.15) is 11.3 Å². The summed E-state index contributed by atoms with van der Waals surface area (Å²) in [5, 5.41) is 16.1. The van der Waals surface area contributed by atoms with Gasteiger partial charge in [-0.25, -0.2) is 4.79 Å². The highest BCUT2D eigenvalue weighted by atomic mass is 32.1. The Balaban J connectivity index is 1.94. The van der Waals surface area contributed by atoms with Gasteiger partial charge in [0.2, 0.25) is 5.91 Å². The van der Waals surface area contributed by atoms with Gasteiger partial charge in [0, 0.05) is 6.04 Å². The van der Waals surface area contributed by atoms with Crippen molar-refractivity contribution in [1.82, 2.24) is 5.32 Å². The van der Waals surface area contributed by atoms with Crippen LogP contribution in [-0.4, -0.2) is 23.0 Å². The van der Waals surface area contributed by atoms with Crippen LogP contribution in [-0.2, 0) is 17.6 Å². The number of thiophene rings is 1. The van der Waals surface area contributed by atoms with Gasteiger partial charge >= 0.3 is 5.97 Å². The third kappa shape index (κ3) is 4.43. The Bertz CT molecular complexity index is 622. The number of rotatable bonds is 6. The first-order valence-corrected chi connectivity index (χ1v) is 7.62. The van der Waals surface area contributed by atoms with E-state index in [-0.39, 0.29) is 23.9 Å². The lowest BCUT2D eigenvalue weighted by Gasteiger charge is -2.13. The topological polar surface area (TPSA) is 66.4 Å². The van der Waals surface area contributed by atoms with E-state index >= 15 is 0 Å². The lowest BCUT2D eigenvalue weighted by atomic mass is 10.0. The summed E-state index contributed by atoms with van der Waals surface area (Å²) in [7, 11) is 0. The van der Waals surface area contributed by atoms with Gasteiger partial charge in [-0.15, -0.1) is 0 Å². The molecular weight excluding hydrogens is 286 g/mol. The Morgan fingerprint density at radius 1 is 1.29 bits per heavy atom. The molecule has 0 aliphatic rings. The summed E-state index contributed by atoms with van der Waals surface area (Å²) in [6.45, 7) is 1.94. The average Bonchev–Trinajstić information content (AvgIpc) is 2.91. The second-order valence-electron chi connectivity index (χ2n) is 4.94. The van der Waals surface area contributed by atoms with Crippen molar-refractivity contribution in [2.45, 2.75) is 25.8 Å². The van der Waals surface area contributed by atoms with E-state index in [1.807, 2.05) is 18.4 Å². The van der Waals surface area contributed by atoms with Crippen LogP contribution in [0.4, 0.5) is 0 Å². The smallest absolute Gasteiger partial charge is 0.335 e. The highest BCUT2D eigenvalue weighted by Gasteiger charge is 2.14. The van der Waals surface area contributed by atoms with Crippen LogP contribution in [0.5, 0.6) is 0 Å². The molecule has 1 aromatic heterocycles. The minimum atomic E-state index is -1.01. The normalized spacial score (nSPS) is 11.9. The molecule has 0 radical (unpaired) electrons. The fourth-order valence-electron chi connectivity index (χ4n) is 2.20. The zero-order chi connectivity index (χ0) is 15.2. The second kappa shape index (κ2) is 7.04. The number of carbonyl (C=O) groups is 2. The predicted molar refractivity (Wildman–Crippen MR) is 82.7 cm³/mol. The summed E-state index contributed by atoms with van der Waals surface area (Å²) in [6, 6.07) is 8.64. The standard InChI is InChI=1S/C16H17NO3S/c1-11(8-12-6-7-21-10-12)17-15(18)9-13-4-2-3-5-14(13)16(19)20/h2-7,10-11H,8-9H2,1H3,(H,17,18)(H,19,20). The monoisotopic (exact) mass is 303 g/mol. The van der Waals surface area contributed by atoms with E-state index in [0.29, 0.717) is 5.56 Å². The van der Waals surface area contributed by atoms with E-state index in [4.69, 9.17) is 5.11 Å². The van der Waals surface area contributed by atoms with Gasteiger partial charge in [0.1, 0.15) is 0 Å². The average molecular weight is 303 g/mol. The maximum absolute atomic E-state index is 12.0. The third-order valence-electron chi connectivity index (χ3n) is 3.13. The van der Waals surface area contributed by atoms with E-state index in [0.717, 1.165) is 6.42 Å². The molecule has 1 atom stereocenters. The number of carboxylic acid groups (broad SMARTS) is 1. The van der Waals surface area contributed by atoms with Gasteiger partial charge in [0.05, 0.1) is 12.0 Å². The molecule has 0 fully saturated rings. The molecule has 5 heteroatoms. The number of amides is 1. The van der Waals surface area contributed by atoms with Crippen LogP contribution >= 0.6 is 11.3 Å². The summed E-state index contributed by atoms with van der Waals surface area (Å²) in [5.74, 6) is -1.17. The van der Waals surface area contributed by atoms with Crippen LogP contribution in [0.2, 0.25) is 0 Å². The van der Waals surface area contributed by atoms with Crippen molar-refractivity contribution in [2.75, 3.05) is 0 Å². The minimum absolute atomic E-state index is 0.0177. The molecule has 0 aliphatic carbocycles. The first kappa shape index (κ1) is 15.3. The van der Waals surface area contributed by atoms with Gasteiger partial charge in [-0.1, -0.05) is 18.2 Å². The zero-order valence-corrected chi connectivity index (χ0v) is 12.5. The maximum atomic E-state index is 12.0. The Labute approximate surface area is 127 Å². The highest BCUT2D eigenvalue weighted by molar-refractivity contribution is 7.07. The van der Waals surface area contributed by atoms with Crippen LogP contribution in [0.25, 0.3) is 0 Å². The highest BCUT2D eigenvalue weighted by Crippen LogP contribution is 2.11. The minimum Gasteiger partial charge on any atom is -0.478 e. The molecule has 1 amide bonds. The largest absolute Gasteiger partial charge is 0.478 e. The Kier molecular flexibility index (Phi) is 5.11. The van der Waals surface area contributed by atoms with Crippen LogP contribution in [0.1, 0.15) is 28.4 Å². The van der Waals surface area contributed by atoms with Crippen molar-refractivity contribution in [1.29, 1.82) is 0 Å². The lowest BCUT2D eigenvalue weighted by Crippen LogP contribution is -2.35. The van der Waals surface area contributed by atoms with Crippen LogP contribution < -0.4 is 5.32 Å². The van der Waals surface area contributed by atoms with Crippen molar-refractivity contribution in [2.24, 2.45) is 0 Å². The zero-order valence-electron chi connectivity index (χ0n) is 11.7. The molecule has 2 N–H and O–H groups in total. The Morgan fingerprint density at radius 2 is 2.05 bits per heavy atom. The van der Waals surface area contributed by atoms with Gasteiger partial charge in [0.25, 0.3) is 0 Å². The van der Waals surface area contributed by atoms with E-state index in [9.17, 15) is 9.59 Å². The van der Waals surface area contributed by atoms with Crippen molar-refractivity contribution in [3.05, 3.63) is 57.8 Å². The molecular formula is C16H17NO3S. The second-order valence-corrected chi connectivity index (χ2v) is 5.72. The molecule has 1 unspecified atom stereocenters. The predicted octanol–water partition coefficient (Wildman–Crippen LogP) is 2.74. The number of benzene rings is 1. The number of aromatic carboxylic acids is 1. The summed E-state index contributed by atoms with van der Waals surface area (Å²) >= 11 is 1.63. The van der Waals surface area contributed by atoms with Gasteiger partial charge in [-0.05, 0) is 47.4 Å². The maximum Gasteiger partial charge on any atom is 0.335 e. The van der Waals surface area contributed by atoms with Gasteiger partial charge in [-0.3, -0.25) is 4.79 Å². The van der Waals surface area contributed by atoms with Gasteiger partial charge < -0.3 is 10.4 Å². The molecule has 4 nitrogen and oxygen atoms in total. The lowest BCUT2D eigenvalue weighted by molar-refractivity contribution is -0.121. The van der Waals surface area contributed by atoms with Crippen LogP contribution in [0, 0.1) is 0 Å². The quantitative estimate of drug-likeness (QED) is 0.862. The van der Waals surface area contributed by atoms with Gasteiger partial charge in [0.15, 0.2) is 0 Å². The summed E-state index contributed by atoms with van der Waals surface area (Å²) in [4.78, 5) is 23.1. The van der Waals surface area contributed by atoms with E-state index < -0.39 is 5.97 Å². The summed E-state index contributed by atoms with van der Waals surface area (Å²) in [5.41, 5.74) is 1.90. The number of carbonyl (C=O) groups excluding carboxylic acids is 1. The number of nitrogens with one attached hydrogen (secondary N) is 1. The molecule has 21 heavy (non-hydrogen) atoms. The SMILES string of the molecule is CC(Cc1ccsc1)NC(=O)Cc1ccccc1C(=O)O. The Hall–Kier alpha value is -2.14. The fraction of sp³-hybridized carbons (Fsp3) is 0.250. The molecule has 0 aliphatic heterocycles. The van der Waals surface area contributed by atoms with Crippen molar-refractivity contribution in [3.8, 4) is 0 Å². The molecule has 1 heterocycles. The summed E-state index contributed by atoms with van der Waals surface area (Å²) in [6.07, 6.45) is 0.853. The van der Waals surface area contributed by atoms with Crippen LogP contribution in [0.3, 0.4) is 0 Å². The number of carboxylic acids is 1. The van der Waals surface area contributed by atoms with Crippen molar-refractivity contribution < 1.29 is 14.7 Å². The third-order valence-corrected chi connectivity index (χ3v) is 3.86. The molecule has 1 aromatic carbocycles. The first-order valence-electron chi connectivity index (χ1n) is 6.68. The fourth-order valence-corrected chi connectivity index (χ4v) is 2.88. The van der Waals surface area contributed by atoms with E-state index in [1.165, 1.54) is 11.6 Å². The molecule has 0 spiro atoms. The number of hydrogen-bond acceptors (Lipinski definition) is 3. The van der Waals surface area contributed by atoms with E-state index in [1.54, 1.807) is 29.5 Å². The van der Waals surface area contributed by atoms with Crippen molar-refractivity contribution in [3.63, 3.8) is 0 Å². The molecule has 110 valence electrons. The van der Waals surface area contributed by atoms with Crippen LogP contribution in [0.15, 0.2) is 41.1 Å². The molecule has 0 saturated heterocycles. The molecule has 2 aromatic rings.